The van der Waals surface area contributed by atoms with Crippen molar-refractivity contribution in [2.75, 3.05) is 24.7 Å². The fourth-order valence-electron chi connectivity index (χ4n) is 3.40. The van der Waals surface area contributed by atoms with Gasteiger partial charge in [0.2, 0.25) is 0 Å². The van der Waals surface area contributed by atoms with Crippen molar-refractivity contribution in [3.8, 4) is 0 Å². The fourth-order valence-corrected chi connectivity index (χ4v) is 4.86. The highest BCUT2D eigenvalue weighted by Crippen LogP contribution is 2.19. The molecule has 0 heterocycles. The summed E-state index contributed by atoms with van der Waals surface area (Å²) >= 11 is 3.35. The summed E-state index contributed by atoms with van der Waals surface area (Å²) in [5.74, 6) is 2.34. The van der Waals surface area contributed by atoms with Gasteiger partial charge in [0, 0.05) is 35.6 Å². The van der Waals surface area contributed by atoms with Crippen LogP contribution in [0.5, 0.6) is 0 Å². The van der Waals surface area contributed by atoms with Crippen molar-refractivity contribution in [1.29, 1.82) is 0 Å². The summed E-state index contributed by atoms with van der Waals surface area (Å²) in [4.78, 5) is 0. The Bertz CT molecular complexity index is 255. The number of hydrogen-bond acceptors (Lipinski definition) is 5. The van der Waals surface area contributed by atoms with E-state index in [9.17, 15) is 0 Å². The molecule has 0 atom stereocenters. The molecule has 0 radical (unpaired) electrons. The predicted octanol–water partition coefficient (Wildman–Crippen LogP) is 9.11. The van der Waals surface area contributed by atoms with E-state index in [1.165, 1.54) is 140 Å². The van der Waals surface area contributed by atoms with Gasteiger partial charge in [-0.2, -0.15) is 0 Å². The first-order valence-electron chi connectivity index (χ1n) is 13.5. The third-order valence-corrected chi connectivity index (χ3v) is 7.04. The highest BCUT2D eigenvalue weighted by molar-refractivity contribution is 8.07. The van der Waals surface area contributed by atoms with Crippen molar-refractivity contribution in [2.24, 2.45) is 0 Å². The second kappa shape index (κ2) is 35.2. The molecule has 2 N–H and O–H groups in total. The maximum Gasteiger partial charge on any atom is 0.0662 e. The number of aliphatic hydroxyl groups excluding tert-OH is 2. The number of unbranched alkanes of at least 4 members (excludes halogenated alkanes) is 18. The molecule has 31 heavy (non-hydrogen) atoms. The standard InChI is InChI=1S/C24H50OS2.C2H6O2/c1-3-5-7-9-11-13-15-17-19-21-23-26-25-27-24-22-20-18-16-14-12-10-8-6-4-2;3-1-2-4/h3-24H2,1-2H3;3-4H,1-2H2. The molecule has 0 aliphatic carbocycles. The molecule has 0 aromatic carbocycles. The molecule has 3 nitrogen and oxygen atoms in total. The van der Waals surface area contributed by atoms with Gasteiger partial charge in [0.15, 0.2) is 0 Å². The molecule has 0 aliphatic rings. The quantitative estimate of drug-likeness (QED) is 0.101. The number of aliphatic hydroxyl groups is 2. The van der Waals surface area contributed by atoms with Gasteiger partial charge in [-0.25, -0.2) is 3.63 Å². The van der Waals surface area contributed by atoms with Crippen LogP contribution in [-0.4, -0.2) is 34.9 Å². The number of hydrogen-bond donors (Lipinski definition) is 2. The zero-order valence-electron chi connectivity index (χ0n) is 21.1. The van der Waals surface area contributed by atoms with E-state index in [2.05, 4.69) is 13.8 Å². The highest BCUT2D eigenvalue weighted by atomic mass is 32.2. The molecule has 190 valence electrons. The van der Waals surface area contributed by atoms with Crippen molar-refractivity contribution in [1.82, 2.24) is 0 Å². The average molecular weight is 481 g/mol. The minimum absolute atomic E-state index is 0.125. The summed E-state index contributed by atoms with van der Waals surface area (Å²) in [5, 5.41) is 15.2. The van der Waals surface area contributed by atoms with E-state index < -0.39 is 0 Å². The van der Waals surface area contributed by atoms with E-state index in [-0.39, 0.29) is 13.2 Å². The average Bonchev–Trinajstić information content (AvgIpc) is 2.79. The smallest absolute Gasteiger partial charge is 0.0662 e. The van der Waals surface area contributed by atoms with Gasteiger partial charge in [0.1, 0.15) is 0 Å². The maximum absolute atomic E-state index is 7.62. The second-order valence-electron chi connectivity index (χ2n) is 8.52. The number of rotatable bonds is 25. The van der Waals surface area contributed by atoms with Crippen LogP contribution in [0, 0.1) is 0 Å². The molecule has 0 aromatic rings. The third-order valence-electron chi connectivity index (χ3n) is 5.36. The van der Waals surface area contributed by atoms with Crippen LogP contribution < -0.4 is 0 Å². The van der Waals surface area contributed by atoms with Gasteiger partial charge in [0.25, 0.3) is 0 Å². The largest absolute Gasteiger partial charge is 0.394 e. The van der Waals surface area contributed by atoms with Crippen LogP contribution in [-0.2, 0) is 3.63 Å². The van der Waals surface area contributed by atoms with Crippen LogP contribution >= 0.6 is 24.1 Å². The molecule has 0 aromatic heterocycles. The van der Waals surface area contributed by atoms with Crippen LogP contribution in [0.25, 0.3) is 0 Å². The van der Waals surface area contributed by atoms with E-state index in [1.54, 1.807) is 24.1 Å². The van der Waals surface area contributed by atoms with E-state index >= 15 is 0 Å². The van der Waals surface area contributed by atoms with Crippen LogP contribution in [0.2, 0.25) is 0 Å². The minimum Gasteiger partial charge on any atom is -0.394 e. The Morgan fingerprint density at radius 1 is 0.419 bits per heavy atom. The first-order valence-corrected chi connectivity index (χ1v) is 15.3. The molecular formula is C26H56O3S2. The Morgan fingerprint density at radius 3 is 0.935 bits per heavy atom. The van der Waals surface area contributed by atoms with Crippen molar-refractivity contribution >= 4 is 24.1 Å². The first-order chi connectivity index (χ1) is 15.3. The Hall–Kier alpha value is 0.580. The van der Waals surface area contributed by atoms with Gasteiger partial charge in [-0.1, -0.05) is 129 Å². The molecular weight excluding hydrogens is 424 g/mol. The molecule has 5 heteroatoms. The lowest BCUT2D eigenvalue weighted by Crippen LogP contribution is -1.85. The fraction of sp³-hybridized carbons (Fsp3) is 1.00. The topological polar surface area (TPSA) is 49.7 Å². The second-order valence-corrected chi connectivity index (χ2v) is 10.4. The van der Waals surface area contributed by atoms with E-state index in [0.717, 1.165) is 0 Å². The van der Waals surface area contributed by atoms with E-state index in [0.29, 0.717) is 0 Å². The van der Waals surface area contributed by atoms with Gasteiger partial charge in [-0.15, -0.1) is 0 Å². The van der Waals surface area contributed by atoms with Crippen molar-refractivity contribution < 1.29 is 13.8 Å². The molecule has 0 rings (SSSR count). The molecule has 0 unspecified atom stereocenters. The summed E-state index contributed by atoms with van der Waals surface area (Å²) in [5.41, 5.74) is 0. The lowest BCUT2D eigenvalue weighted by atomic mass is 10.1. The predicted molar refractivity (Wildman–Crippen MR) is 144 cm³/mol. The van der Waals surface area contributed by atoms with Crippen LogP contribution in [0.4, 0.5) is 0 Å². The summed E-state index contributed by atoms with van der Waals surface area (Å²) in [6.07, 6.45) is 28.3. The maximum atomic E-state index is 7.62. The van der Waals surface area contributed by atoms with E-state index in [4.69, 9.17) is 13.8 Å². The zero-order valence-corrected chi connectivity index (χ0v) is 22.7. The molecule has 0 spiro atoms. The molecule has 0 fully saturated rings. The van der Waals surface area contributed by atoms with Gasteiger partial charge in [0.05, 0.1) is 13.2 Å². The van der Waals surface area contributed by atoms with Crippen molar-refractivity contribution in [3.63, 3.8) is 0 Å². The van der Waals surface area contributed by atoms with Crippen LogP contribution in [0.15, 0.2) is 0 Å². The first kappa shape index (κ1) is 33.8. The van der Waals surface area contributed by atoms with Crippen LogP contribution in [0.1, 0.15) is 142 Å². The van der Waals surface area contributed by atoms with Gasteiger partial charge in [-0.3, -0.25) is 0 Å². The molecule has 0 saturated heterocycles. The lowest BCUT2D eigenvalue weighted by molar-refractivity contribution is 0.186. The summed E-state index contributed by atoms with van der Waals surface area (Å²) in [6, 6.07) is 0. The Kier molecular flexibility index (Phi) is 38.3. The van der Waals surface area contributed by atoms with Gasteiger partial charge >= 0.3 is 0 Å². The molecule has 0 amide bonds. The van der Waals surface area contributed by atoms with E-state index in [1.807, 2.05) is 0 Å². The van der Waals surface area contributed by atoms with Crippen LogP contribution in [0.3, 0.4) is 0 Å². The molecule has 0 saturated carbocycles. The summed E-state index contributed by atoms with van der Waals surface area (Å²) in [6.45, 7) is 4.33. The monoisotopic (exact) mass is 480 g/mol. The van der Waals surface area contributed by atoms with Crippen molar-refractivity contribution in [2.45, 2.75) is 142 Å². The minimum atomic E-state index is -0.125. The third kappa shape index (κ3) is 38.2. The Morgan fingerprint density at radius 2 is 0.677 bits per heavy atom. The Labute approximate surface area is 204 Å². The Balaban J connectivity index is 0. The molecule has 0 bridgehead atoms. The highest BCUT2D eigenvalue weighted by Gasteiger charge is 1.96. The summed E-state index contributed by atoms with van der Waals surface area (Å²) in [7, 11) is 0. The summed E-state index contributed by atoms with van der Waals surface area (Å²) < 4.78 is 5.63. The normalized spacial score (nSPS) is 10.8. The molecule has 0 aliphatic heterocycles. The van der Waals surface area contributed by atoms with Gasteiger partial charge < -0.3 is 10.2 Å². The van der Waals surface area contributed by atoms with Gasteiger partial charge in [-0.05, 0) is 12.8 Å². The van der Waals surface area contributed by atoms with Crippen molar-refractivity contribution in [3.05, 3.63) is 0 Å². The zero-order chi connectivity index (χ0) is 23.1. The SMILES string of the molecule is CCCCCCCCCCCCSOSCCCCCCCCCCCC.OCCO. The lowest BCUT2D eigenvalue weighted by Gasteiger charge is -2.04.